The lowest BCUT2D eigenvalue weighted by Crippen LogP contribution is -2.44. The quantitative estimate of drug-likeness (QED) is 0.546. The Hall–Kier alpha value is -2.57. The fraction of sp³-hybridized carbons (Fsp3) is 0.571. The van der Waals surface area contributed by atoms with Crippen LogP contribution in [0.5, 0.6) is 0 Å². The van der Waals surface area contributed by atoms with Crippen LogP contribution in [0.25, 0.3) is 0 Å². The van der Waals surface area contributed by atoms with Crippen molar-refractivity contribution in [3.63, 3.8) is 0 Å². The van der Waals surface area contributed by atoms with Gasteiger partial charge in [0.25, 0.3) is 5.91 Å². The summed E-state index contributed by atoms with van der Waals surface area (Å²) in [6.45, 7) is 4.87. The number of rotatable bonds is 3. The fourth-order valence-corrected chi connectivity index (χ4v) is 4.42. The highest BCUT2D eigenvalue weighted by atomic mass is 16.2. The highest BCUT2D eigenvalue weighted by Gasteiger charge is 2.41. The summed E-state index contributed by atoms with van der Waals surface area (Å²) in [5, 5.41) is 3.15. The van der Waals surface area contributed by atoms with Gasteiger partial charge in [-0.1, -0.05) is 43.0 Å². The van der Waals surface area contributed by atoms with E-state index >= 15 is 0 Å². The maximum Gasteiger partial charge on any atom is 0.317 e. The molecule has 1 saturated carbocycles. The van der Waals surface area contributed by atoms with E-state index in [1.54, 1.807) is 4.90 Å². The lowest BCUT2D eigenvalue weighted by atomic mass is 9.85. The van der Waals surface area contributed by atoms with Gasteiger partial charge in [-0.2, -0.15) is 4.99 Å². The Balaban J connectivity index is 1.81. The van der Waals surface area contributed by atoms with Gasteiger partial charge < -0.3 is 21.7 Å². The number of guanidine groups is 1. The highest BCUT2D eigenvalue weighted by Crippen LogP contribution is 2.36. The number of aryl methyl sites for hydroxylation is 2. The zero-order valence-electron chi connectivity index (χ0n) is 16.8. The minimum Gasteiger partial charge on any atom is -0.370 e. The average Bonchev–Trinajstić information content (AvgIpc) is 3.09. The van der Waals surface area contributed by atoms with Crippen LogP contribution in [0.2, 0.25) is 0 Å². The Labute approximate surface area is 166 Å². The third-order valence-electron chi connectivity index (χ3n) is 5.93. The van der Waals surface area contributed by atoms with Crippen molar-refractivity contribution in [2.45, 2.75) is 57.9 Å². The van der Waals surface area contributed by atoms with Gasteiger partial charge in [0.05, 0.1) is 5.92 Å². The lowest BCUT2D eigenvalue weighted by molar-refractivity contribution is -0.121. The summed E-state index contributed by atoms with van der Waals surface area (Å²) < 4.78 is 0. The molecule has 0 bridgehead atoms. The van der Waals surface area contributed by atoms with Crippen molar-refractivity contribution in [2.24, 2.45) is 22.4 Å². The molecule has 5 N–H and O–H groups in total. The maximum absolute atomic E-state index is 12.9. The maximum atomic E-state index is 12.9. The number of hydrogen-bond acceptors (Lipinski definition) is 2. The number of nitrogens with two attached hydrogens (primary N) is 2. The third-order valence-corrected chi connectivity index (χ3v) is 5.93. The van der Waals surface area contributed by atoms with Crippen molar-refractivity contribution in [3.8, 4) is 0 Å². The first kappa shape index (κ1) is 20.2. The first-order chi connectivity index (χ1) is 13.3. The van der Waals surface area contributed by atoms with Gasteiger partial charge in [0.15, 0.2) is 5.96 Å². The number of aliphatic imine (C=N–C) groups is 1. The second-order valence-electron chi connectivity index (χ2n) is 8.14. The molecular formula is C21H31N5O2. The molecule has 1 unspecified atom stereocenters. The van der Waals surface area contributed by atoms with E-state index in [1.807, 2.05) is 19.9 Å². The number of likely N-dealkylation sites (tertiary alicyclic amines) is 1. The Kier molecular flexibility index (Phi) is 6.21. The van der Waals surface area contributed by atoms with Crippen LogP contribution in [0.4, 0.5) is 4.79 Å². The summed E-state index contributed by atoms with van der Waals surface area (Å²) in [6, 6.07) is 6.33. The Morgan fingerprint density at radius 3 is 2.50 bits per heavy atom. The molecule has 0 aromatic heterocycles. The Bertz CT molecular complexity index is 766. The monoisotopic (exact) mass is 385 g/mol. The summed E-state index contributed by atoms with van der Waals surface area (Å²) in [4.78, 5) is 31.1. The molecule has 0 radical (unpaired) electrons. The molecule has 3 amide bonds. The molecule has 28 heavy (non-hydrogen) atoms. The van der Waals surface area contributed by atoms with Crippen LogP contribution in [-0.2, 0) is 4.79 Å². The fourth-order valence-electron chi connectivity index (χ4n) is 4.42. The van der Waals surface area contributed by atoms with E-state index in [-0.39, 0.29) is 29.9 Å². The second-order valence-corrected chi connectivity index (χ2v) is 8.14. The number of nitrogens with zero attached hydrogens (tertiary/aromatic N) is 2. The molecule has 1 aliphatic heterocycles. The zero-order chi connectivity index (χ0) is 20.3. The van der Waals surface area contributed by atoms with E-state index in [2.05, 4.69) is 22.4 Å². The van der Waals surface area contributed by atoms with Gasteiger partial charge in [-0.05, 0) is 37.8 Å². The molecule has 2 fully saturated rings. The lowest BCUT2D eigenvalue weighted by Gasteiger charge is -2.26. The van der Waals surface area contributed by atoms with E-state index in [4.69, 9.17) is 11.5 Å². The SMILES string of the molecule is Cc1ccc(C)c([C@H]2CN(C(=O)NC3CCCCC3)CC2C(=O)N=C(N)N)c1. The highest BCUT2D eigenvalue weighted by molar-refractivity contribution is 5.93. The number of nitrogens with one attached hydrogen (secondary N) is 1. The molecule has 3 rings (SSSR count). The van der Waals surface area contributed by atoms with Gasteiger partial charge in [-0.25, -0.2) is 4.79 Å². The standard InChI is InChI=1S/C21H31N5O2/c1-13-8-9-14(2)16(10-13)17-11-26(12-18(17)19(27)25-20(22)23)21(28)24-15-6-4-3-5-7-15/h8-10,15,17-18H,3-7,11-12H2,1-2H3,(H,24,28)(H4,22,23,25,27)/t17-,18?/m1/s1. The van der Waals surface area contributed by atoms with Crippen molar-refractivity contribution >= 4 is 17.9 Å². The molecule has 1 aliphatic carbocycles. The summed E-state index contributed by atoms with van der Waals surface area (Å²) >= 11 is 0. The average molecular weight is 386 g/mol. The van der Waals surface area contributed by atoms with Gasteiger partial charge in [-0.3, -0.25) is 4.79 Å². The van der Waals surface area contributed by atoms with Gasteiger partial charge in [-0.15, -0.1) is 0 Å². The molecule has 1 aromatic carbocycles. The molecule has 152 valence electrons. The molecule has 2 aliphatic rings. The van der Waals surface area contributed by atoms with Crippen molar-refractivity contribution < 1.29 is 9.59 Å². The largest absolute Gasteiger partial charge is 0.370 e. The van der Waals surface area contributed by atoms with E-state index < -0.39 is 5.92 Å². The smallest absolute Gasteiger partial charge is 0.317 e. The number of benzene rings is 1. The molecule has 7 heteroatoms. The predicted molar refractivity (Wildman–Crippen MR) is 110 cm³/mol. The van der Waals surface area contributed by atoms with Gasteiger partial charge in [0.2, 0.25) is 0 Å². The van der Waals surface area contributed by atoms with Crippen molar-refractivity contribution in [1.29, 1.82) is 0 Å². The molecule has 1 aromatic rings. The van der Waals surface area contributed by atoms with Crippen LogP contribution >= 0.6 is 0 Å². The van der Waals surface area contributed by atoms with E-state index in [0.717, 1.165) is 42.4 Å². The van der Waals surface area contributed by atoms with Crippen molar-refractivity contribution in [2.75, 3.05) is 13.1 Å². The zero-order valence-corrected chi connectivity index (χ0v) is 16.8. The van der Waals surface area contributed by atoms with Crippen LogP contribution in [0.15, 0.2) is 23.2 Å². The summed E-state index contributed by atoms with van der Waals surface area (Å²) in [6.07, 6.45) is 5.59. The third kappa shape index (κ3) is 4.64. The topological polar surface area (TPSA) is 114 Å². The predicted octanol–water partition coefficient (Wildman–Crippen LogP) is 2.16. The van der Waals surface area contributed by atoms with Crippen LogP contribution in [0.3, 0.4) is 0 Å². The molecular weight excluding hydrogens is 354 g/mol. The number of hydrogen-bond donors (Lipinski definition) is 3. The molecule has 7 nitrogen and oxygen atoms in total. The summed E-state index contributed by atoms with van der Waals surface area (Å²) in [7, 11) is 0. The summed E-state index contributed by atoms with van der Waals surface area (Å²) in [5.41, 5.74) is 14.2. The van der Waals surface area contributed by atoms with Crippen LogP contribution < -0.4 is 16.8 Å². The minimum absolute atomic E-state index is 0.0952. The van der Waals surface area contributed by atoms with Crippen molar-refractivity contribution in [3.05, 3.63) is 34.9 Å². The van der Waals surface area contributed by atoms with Crippen LogP contribution in [0, 0.1) is 19.8 Å². The van der Waals surface area contributed by atoms with Crippen LogP contribution in [-0.4, -0.2) is 41.9 Å². The van der Waals surface area contributed by atoms with E-state index in [9.17, 15) is 9.59 Å². The number of amides is 3. The van der Waals surface area contributed by atoms with Gasteiger partial charge in [0, 0.05) is 25.0 Å². The minimum atomic E-state index is -0.445. The Morgan fingerprint density at radius 2 is 1.82 bits per heavy atom. The summed E-state index contributed by atoms with van der Waals surface area (Å²) in [5.74, 6) is -1.17. The second kappa shape index (κ2) is 8.63. The first-order valence-electron chi connectivity index (χ1n) is 10.1. The number of urea groups is 1. The van der Waals surface area contributed by atoms with E-state index in [0.29, 0.717) is 13.1 Å². The first-order valence-corrected chi connectivity index (χ1v) is 10.1. The Morgan fingerprint density at radius 1 is 1.11 bits per heavy atom. The normalized spacial score (nSPS) is 22.7. The number of carbonyl (C=O) groups is 2. The van der Waals surface area contributed by atoms with Crippen molar-refractivity contribution in [1.82, 2.24) is 10.2 Å². The molecule has 1 heterocycles. The van der Waals surface area contributed by atoms with Gasteiger partial charge >= 0.3 is 6.03 Å². The molecule has 2 atom stereocenters. The molecule has 0 spiro atoms. The van der Waals surface area contributed by atoms with E-state index in [1.165, 1.54) is 6.42 Å². The molecule has 1 saturated heterocycles. The van der Waals surface area contributed by atoms with Gasteiger partial charge in [0.1, 0.15) is 0 Å². The van der Waals surface area contributed by atoms with Crippen LogP contribution in [0.1, 0.15) is 54.7 Å². The number of carbonyl (C=O) groups excluding carboxylic acids is 2.